The molecule has 8 nitrogen and oxygen atoms in total. The number of aromatic nitrogens is 1. The molecule has 0 radical (unpaired) electrons. The Hall–Kier alpha value is -2.87. The Bertz CT molecular complexity index is 985. The average molecular weight is 370 g/mol. The normalized spacial score (nSPS) is 23.1. The number of H-pyrrole nitrogens is 1. The Morgan fingerprint density at radius 2 is 2.11 bits per heavy atom. The molecule has 2 aromatic rings. The quantitative estimate of drug-likeness (QED) is 0.839. The molecular formula is C19H22N4O4. The molecule has 2 aliphatic rings. The van der Waals surface area contributed by atoms with Crippen LogP contribution in [0.3, 0.4) is 0 Å². The molecule has 2 amide bonds. The molecule has 8 heteroatoms. The number of pyridine rings is 1. The summed E-state index contributed by atoms with van der Waals surface area (Å²) in [6.45, 7) is 2.67. The van der Waals surface area contributed by atoms with Crippen LogP contribution in [0.15, 0.2) is 29.1 Å². The van der Waals surface area contributed by atoms with Gasteiger partial charge in [0, 0.05) is 48.4 Å². The van der Waals surface area contributed by atoms with E-state index in [0.717, 1.165) is 25.1 Å². The van der Waals surface area contributed by atoms with Crippen LogP contribution in [0.25, 0.3) is 10.9 Å². The number of benzene rings is 1. The van der Waals surface area contributed by atoms with Gasteiger partial charge in [-0.1, -0.05) is 0 Å². The maximum absolute atomic E-state index is 12.5. The molecule has 3 N–H and O–H groups in total. The Morgan fingerprint density at radius 3 is 2.81 bits per heavy atom. The molecule has 2 saturated heterocycles. The van der Waals surface area contributed by atoms with Crippen LogP contribution >= 0.6 is 0 Å². The van der Waals surface area contributed by atoms with Crippen molar-refractivity contribution < 1.29 is 14.3 Å². The summed E-state index contributed by atoms with van der Waals surface area (Å²) in [6, 6.07) is 6.38. The first-order valence-corrected chi connectivity index (χ1v) is 8.97. The minimum atomic E-state index is -0.560. The number of hydrogen-bond donors (Lipinski definition) is 2. The van der Waals surface area contributed by atoms with Crippen molar-refractivity contribution in [2.45, 2.75) is 25.0 Å². The summed E-state index contributed by atoms with van der Waals surface area (Å²) in [5.74, 6) is -0.560. The molecule has 1 atom stereocenters. The van der Waals surface area contributed by atoms with Crippen molar-refractivity contribution >= 4 is 22.9 Å². The predicted octanol–water partition coefficient (Wildman–Crippen LogP) is 1.04. The van der Waals surface area contributed by atoms with Gasteiger partial charge in [-0.05, 0) is 37.6 Å². The van der Waals surface area contributed by atoms with E-state index in [9.17, 15) is 14.4 Å². The molecule has 0 saturated carbocycles. The van der Waals surface area contributed by atoms with E-state index < -0.39 is 11.5 Å². The van der Waals surface area contributed by atoms with Crippen molar-refractivity contribution in [3.8, 4) is 0 Å². The van der Waals surface area contributed by atoms with Crippen molar-refractivity contribution in [3.63, 3.8) is 0 Å². The summed E-state index contributed by atoms with van der Waals surface area (Å²) in [7, 11) is 1.75. The summed E-state index contributed by atoms with van der Waals surface area (Å²) in [5, 5.41) is 0.441. The van der Waals surface area contributed by atoms with E-state index in [-0.39, 0.29) is 11.5 Å². The van der Waals surface area contributed by atoms with Gasteiger partial charge in [0.25, 0.3) is 0 Å². The zero-order valence-electron chi connectivity index (χ0n) is 15.2. The van der Waals surface area contributed by atoms with E-state index in [0.29, 0.717) is 36.1 Å². The molecule has 1 aromatic carbocycles. The fourth-order valence-corrected chi connectivity index (χ4v) is 4.11. The van der Waals surface area contributed by atoms with E-state index in [1.54, 1.807) is 30.1 Å². The number of nitrogens with one attached hydrogen (secondary N) is 1. The third kappa shape index (κ3) is 3.28. The van der Waals surface area contributed by atoms with Crippen LogP contribution in [0.5, 0.6) is 0 Å². The molecule has 4 rings (SSSR count). The summed E-state index contributed by atoms with van der Waals surface area (Å²) in [5.41, 5.74) is 6.44. The second kappa shape index (κ2) is 6.38. The van der Waals surface area contributed by atoms with Gasteiger partial charge in [-0.25, -0.2) is 4.79 Å². The molecule has 27 heavy (non-hydrogen) atoms. The van der Waals surface area contributed by atoms with Crippen molar-refractivity contribution in [3.05, 3.63) is 45.7 Å². The third-order valence-electron chi connectivity index (χ3n) is 5.32. The third-order valence-corrected chi connectivity index (χ3v) is 5.32. The molecule has 142 valence electrons. The number of amides is 2. The lowest BCUT2D eigenvalue weighted by atomic mass is 9.92. The highest BCUT2D eigenvalue weighted by molar-refractivity contribution is 5.96. The maximum atomic E-state index is 12.5. The van der Waals surface area contributed by atoms with Gasteiger partial charge in [0.2, 0.25) is 5.91 Å². The van der Waals surface area contributed by atoms with Crippen LogP contribution in [0.2, 0.25) is 0 Å². The highest BCUT2D eigenvalue weighted by Gasteiger charge is 2.46. The van der Waals surface area contributed by atoms with Gasteiger partial charge >= 0.3 is 6.09 Å². The maximum Gasteiger partial charge on any atom is 0.410 e. The zero-order valence-corrected chi connectivity index (χ0v) is 15.2. The van der Waals surface area contributed by atoms with Crippen molar-refractivity contribution in [1.29, 1.82) is 0 Å². The number of fused-ring (bicyclic) bond motifs is 1. The Labute approximate surface area is 155 Å². The average Bonchev–Trinajstić information content (AvgIpc) is 2.87. The smallest absolute Gasteiger partial charge is 0.410 e. The number of carbonyl (C=O) groups is 2. The zero-order chi connectivity index (χ0) is 19.2. The van der Waals surface area contributed by atoms with Gasteiger partial charge in [0.15, 0.2) is 5.43 Å². The number of carbonyl (C=O) groups excluding carboxylic acids is 2. The van der Waals surface area contributed by atoms with Crippen LogP contribution in [-0.2, 0) is 11.3 Å². The van der Waals surface area contributed by atoms with Crippen LogP contribution in [-0.4, -0.2) is 59.1 Å². The Balaban J connectivity index is 1.56. The predicted molar refractivity (Wildman–Crippen MR) is 99.4 cm³/mol. The lowest BCUT2D eigenvalue weighted by Crippen LogP contribution is -2.50. The lowest BCUT2D eigenvalue weighted by Gasteiger charge is -2.38. The molecule has 0 aliphatic carbocycles. The molecule has 3 heterocycles. The van der Waals surface area contributed by atoms with E-state index in [4.69, 9.17) is 10.5 Å². The monoisotopic (exact) mass is 370 g/mol. The largest absolute Gasteiger partial charge is 0.440 e. The molecule has 0 bridgehead atoms. The van der Waals surface area contributed by atoms with Crippen LogP contribution in [0.4, 0.5) is 4.79 Å². The first-order chi connectivity index (χ1) is 12.8. The van der Waals surface area contributed by atoms with Gasteiger partial charge < -0.3 is 20.4 Å². The highest BCUT2D eigenvalue weighted by Crippen LogP contribution is 2.31. The molecule has 1 unspecified atom stereocenters. The van der Waals surface area contributed by atoms with Crippen molar-refractivity contribution in [2.24, 2.45) is 5.73 Å². The Morgan fingerprint density at radius 1 is 1.30 bits per heavy atom. The molecule has 1 aromatic heterocycles. The number of ether oxygens (including phenoxy) is 1. The minimum Gasteiger partial charge on any atom is -0.440 e. The molecular weight excluding hydrogens is 348 g/mol. The number of rotatable bonds is 3. The van der Waals surface area contributed by atoms with Gasteiger partial charge in [0.05, 0.1) is 6.54 Å². The number of aromatic amines is 1. The summed E-state index contributed by atoms with van der Waals surface area (Å²) in [6.07, 6.45) is 1.51. The topological polar surface area (TPSA) is 109 Å². The number of piperidine rings is 1. The number of primary amides is 1. The van der Waals surface area contributed by atoms with Crippen LogP contribution in [0, 0.1) is 0 Å². The number of likely N-dealkylation sites (tertiary alicyclic amines) is 1. The first-order valence-electron chi connectivity index (χ1n) is 8.97. The standard InChI is InChI=1S/C19H22N4O4/c1-22-10-19(27-18(22)26)5-2-6-23(11-19)9-13-8-16(24)14-7-12(17(20)25)3-4-15(14)21-13/h3-4,7-8H,2,5-6,9-11H2,1H3,(H2,20,25)(H,21,24). The number of nitrogens with zero attached hydrogens (tertiary/aromatic N) is 2. The van der Waals surface area contributed by atoms with E-state index in [2.05, 4.69) is 9.88 Å². The molecule has 2 aliphatic heterocycles. The fraction of sp³-hybridized carbons (Fsp3) is 0.421. The van der Waals surface area contributed by atoms with E-state index >= 15 is 0 Å². The van der Waals surface area contributed by atoms with Gasteiger partial charge in [-0.2, -0.15) is 0 Å². The fourth-order valence-electron chi connectivity index (χ4n) is 4.11. The summed E-state index contributed by atoms with van der Waals surface area (Å²) in [4.78, 5) is 42.7. The summed E-state index contributed by atoms with van der Waals surface area (Å²) >= 11 is 0. The van der Waals surface area contributed by atoms with Crippen LogP contribution in [0.1, 0.15) is 28.9 Å². The summed E-state index contributed by atoms with van der Waals surface area (Å²) < 4.78 is 5.63. The van der Waals surface area contributed by atoms with Gasteiger partial charge in [0.1, 0.15) is 5.60 Å². The SMILES string of the molecule is CN1CC2(CCCN(Cc3cc(=O)c4cc(C(N)=O)ccc4[nH]3)C2)OC1=O. The van der Waals surface area contributed by atoms with Crippen LogP contribution < -0.4 is 11.2 Å². The first kappa shape index (κ1) is 17.5. The number of likely N-dealkylation sites (N-methyl/N-ethyl adjacent to an activating group) is 1. The van der Waals surface area contributed by atoms with E-state index in [1.165, 1.54) is 6.07 Å². The second-order valence-corrected chi connectivity index (χ2v) is 7.50. The van der Waals surface area contributed by atoms with Gasteiger partial charge in [-0.15, -0.1) is 0 Å². The lowest BCUT2D eigenvalue weighted by molar-refractivity contribution is -0.0116. The van der Waals surface area contributed by atoms with Crippen molar-refractivity contribution in [2.75, 3.05) is 26.7 Å². The second-order valence-electron chi connectivity index (χ2n) is 7.50. The van der Waals surface area contributed by atoms with Crippen molar-refractivity contribution in [1.82, 2.24) is 14.8 Å². The minimum absolute atomic E-state index is 0.152. The van der Waals surface area contributed by atoms with E-state index in [1.807, 2.05) is 0 Å². The highest BCUT2D eigenvalue weighted by atomic mass is 16.6. The molecule has 1 spiro atoms. The molecule has 2 fully saturated rings. The Kier molecular flexibility index (Phi) is 4.15. The van der Waals surface area contributed by atoms with Gasteiger partial charge in [-0.3, -0.25) is 14.5 Å². The number of nitrogens with two attached hydrogens (primary N) is 1. The number of hydrogen-bond acceptors (Lipinski definition) is 5.